The van der Waals surface area contributed by atoms with Gasteiger partial charge in [-0.1, -0.05) is 18.2 Å². The molecule has 0 unspecified atom stereocenters. The molecular formula is C16H25N2O2+. The van der Waals surface area contributed by atoms with Gasteiger partial charge in [0.2, 0.25) is 0 Å². The van der Waals surface area contributed by atoms with Crippen LogP contribution in [-0.2, 0) is 11.3 Å². The molecule has 1 aliphatic rings. The molecule has 0 aliphatic carbocycles. The van der Waals surface area contributed by atoms with Crippen molar-refractivity contribution in [3.63, 3.8) is 0 Å². The Kier molecular flexibility index (Phi) is 5.41. The molecule has 1 atom stereocenters. The normalized spacial score (nSPS) is 17.5. The van der Waals surface area contributed by atoms with Gasteiger partial charge in [0.1, 0.15) is 5.75 Å². The van der Waals surface area contributed by atoms with E-state index in [1.165, 1.54) is 24.2 Å². The average molecular weight is 277 g/mol. The lowest BCUT2D eigenvalue weighted by Gasteiger charge is -2.28. The van der Waals surface area contributed by atoms with Gasteiger partial charge in [0.05, 0.1) is 20.2 Å². The molecule has 1 amide bonds. The van der Waals surface area contributed by atoms with Crippen LogP contribution in [0.5, 0.6) is 5.75 Å². The summed E-state index contributed by atoms with van der Waals surface area (Å²) in [7, 11) is 1.65. The number of likely N-dealkylation sites (tertiary alicyclic amines) is 1. The number of piperidine rings is 1. The van der Waals surface area contributed by atoms with Gasteiger partial charge in [-0.3, -0.25) is 4.79 Å². The minimum atomic E-state index is 0.0324. The highest BCUT2D eigenvalue weighted by molar-refractivity contribution is 5.79. The van der Waals surface area contributed by atoms with Crippen LogP contribution in [0.1, 0.15) is 31.7 Å². The fourth-order valence-corrected chi connectivity index (χ4v) is 2.81. The fourth-order valence-electron chi connectivity index (χ4n) is 2.81. The molecule has 0 radical (unpaired) electrons. The third-order valence-electron chi connectivity index (χ3n) is 4.15. The summed E-state index contributed by atoms with van der Waals surface area (Å²) in [6.07, 6.45) is 3.78. The zero-order valence-electron chi connectivity index (χ0n) is 12.4. The number of carbonyl (C=O) groups excluding carboxylic acids is 1. The molecule has 0 aromatic heterocycles. The lowest BCUT2D eigenvalue weighted by atomic mass is 10.1. The highest BCUT2D eigenvalue weighted by atomic mass is 16.5. The summed E-state index contributed by atoms with van der Waals surface area (Å²) in [6.45, 7) is 4.78. The molecule has 20 heavy (non-hydrogen) atoms. The number of amides is 1. The number of ether oxygens (including phenoxy) is 1. The van der Waals surface area contributed by atoms with E-state index >= 15 is 0 Å². The predicted octanol–water partition coefficient (Wildman–Crippen LogP) is 0.769. The zero-order chi connectivity index (χ0) is 14.4. The van der Waals surface area contributed by atoms with Crippen molar-refractivity contribution in [1.29, 1.82) is 0 Å². The van der Waals surface area contributed by atoms with Gasteiger partial charge in [0, 0.05) is 12.1 Å². The van der Waals surface area contributed by atoms with E-state index in [9.17, 15) is 4.79 Å². The van der Waals surface area contributed by atoms with Gasteiger partial charge in [-0.15, -0.1) is 0 Å². The number of hydrogen-bond acceptors (Lipinski definition) is 2. The maximum atomic E-state index is 12.2. The number of nitrogens with one attached hydrogen (secondary N) is 2. The summed E-state index contributed by atoms with van der Waals surface area (Å²) in [5, 5.41) is 3.03. The lowest BCUT2D eigenvalue weighted by molar-refractivity contribution is -0.918. The molecule has 110 valence electrons. The third-order valence-corrected chi connectivity index (χ3v) is 4.15. The second-order valence-corrected chi connectivity index (χ2v) is 5.47. The monoisotopic (exact) mass is 277 g/mol. The Labute approximate surface area is 121 Å². The van der Waals surface area contributed by atoms with E-state index in [1.807, 2.05) is 31.2 Å². The van der Waals surface area contributed by atoms with Crippen LogP contribution in [0, 0.1) is 0 Å². The molecule has 1 fully saturated rings. The van der Waals surface area contributed by atoms with Crippen LogP contribution in [-0.4, -0.2) is 32.1 Å². The first-order valence-electron chi connectivity index (χ1n) is 7.46. The molecule has 0 saturated carbocycles. The van der Waals surface area contributed by atoms with Crippen molar-refractivity contribution in [1.82, 2.24) is 5.32 Å². The Balaban J connectivity index is 1.87. The first kappa shape index (κ1) is 14.9. The van der Waals surface area contributed by atoms with Gasteiger partial charge in [0.15, 0.2) is 6.04 Å². The van der Waals surface area contributed by atoms with Gasteiger partial charge >= 0.3 is 0 Å². The summed E-state index contributed by atoms with van der Waals surface area (Å²) in [5.74, 6) is 0.957. The molecule has 0 bridgehead atoms. The number of quaternary nitrogens is 1. The summed E-state index contributed by atoms with van der Waals surface area (Å²) >= 11 is 0. The lowest BCUT2D eigenvalue weighted by Crippen LogP contribution is -3.17. The molecule has 1 aliphatic heterocycles. The Morgan fingerprint density at radius 1 is 1.30 bits per heavy atom. The molecule has 1 aromatic rings. The third kappa shape index (κ3) is 3.73. The van der Waals surface area contributed by atoms with Crippen LogP contribution in [0.3, 0.4) is 0 Å². The van der Waals surface area contributed by atoms with Crippen LogP contribution >= 0.6 is 0 Å². The van der Waals surface area contributed by atoms with Crippen molar-refractivity contribution in [2.24, 2.45) is 0 Å². The number of hydrogen-bond donors (Lipinski definition) is 2. The van der Waals surface area contributed by atoms with Crippen molar-refractivity contribution < 1.29 is 14.4 Å². The van der Waals surface area contributed by atoms with E-state index < -0.39 is 0 Å². The molecule has 1 saturated heterocycles. The molecule has 2 N–H and O–H groups in total. The highest BCUT2D eigenvalue weighted by Crippen LogP contribution is 2.16. The van der Waals surface area contributed by atoms with Crippen molar-refractivity contribution >= 4 is 5.91 Å². The minimum absolute atomic E-state index is 0.0324. The quantitative estimate of drug-likeness (QED) is 0.835. The molecule has 0 spiro atoms. The van der Waals surface area contributed by atoms with Gasteiger partial charge in [-0.05, 0) is 32.3 Å². The van der Waals surface area contributed by atoms with Crippen molar-refractivity contribution in [2.45, 2.75) is 38.8 Å². The van der Waals surface area contributed by atoms with E-state index in [0.717, 1.165) is 24.4 Å². The Hall–Kier alpha value is -1.55. The SMILES string of the molecule is COc1ccccc1CNC(=O)[C@@H](C)[NH+]1CCCCC1. The Bertz CT molecular complexity index is 442. The van der Waals surface area contributed by atoms with E-state index in [2.05, 4.69) is 5.32 Å². The second-order valence-electron chi connectivity index (χ2n) is 5.47. The summed E-state index contributed by atoms with van der Waals surface area (Å²) < 4.78 is 5.30. The number of benzene rings is 1. The number of methoxy groups -OCH3 is 1. The largest absolute Gasteiger partial charge is 0.496 e. The molecule has 1 aromatic carbocycles. The molecule has 2 rings (SSSR count). The van der Waals surface area contributed by atoms with Crippen LogP contribution in [0.4, 0.5) is 0 Å². The van der Waals surface area contributed by atoms with E-state index in [-0.39, 0.29) is 11.9 Å². The van der Waals surface area contributed by atoms with E-state index in [4.69, 9.17) is 4.74 Å². The summed E-state index contributed by atoms with van der Waals surface area (Å²) in [6, 6.07) is 7.83. The number of rotatable bonds is 5. The van der Waals surface area contributed by atoms with Crippen LogP contribution in [0.15, 0.2) is 24.3 Å². The maximum Gasteiger partial charge on any atom is 0.278 e. The second kappa shape index (κ2) is 7.29. The molecule has 4 heteroatoms. The average Bonchev–Trinajstić information content (AvgIpc) is 2.53. The van der Waals surface area contributed by atoms with Crippen LogP contribution in [0.2, 0.25) is 0 Å². The number of para-hydroxylation sites is 1. The number of carbonyl (C=O) groups is 1. The fraction of sp³-hybridized carbons (Fsp3) is 0.562. The molecule has 1 heterocycles. The zero-order valence-corrected chi connectivity index (χ0v) is 12.4. The highest BCUT2D eigenvalue weighted by Gasteiger charge is 2.26. The first-order valence-corrected chi connectivity index (χ1v) is 7.46. The maximum absolute atomic E-state index is 12.2. The van der Waals surface area contributed by atoms with E-state index in [0.29, 0.717) is 6.54 Å². The van der Waals surface area contributed by atoms with Crippen molar-refractivity contribution in [3.8, 4) is 5.75 Å². The van der Waals surface area contributed by atoms with Gasteiger partial charge in [0.25, 0.3) is 5.91 Å². The van der Waals surface area contributed by atoms with Crippen LogP contribution < -0.4 is 15.0 Å². The molecular weight excluding hydrogens is 252 g/mol. The van der Waals surface area contributed by atoms with Gasteiger partial charge in [-0.2, -0.15) is 0 Å². The van der Waals surface area contributed by atoms with E-state index in [1.54, 1.807) is 7.11 Å². The minimum Gasteiger partial charge on any atom is -0.496 e. The van der Waals surface area contributed by atoms with Crippen LogP contribution in [0.25, 0.3) is 0 Å². The molecule has 4 nitrogen and oxygen atoms in total. The summed E-state index contributed by atoms with van der Waals surface area (Å²) in [4.78, 5) is 13.7. The predicted molar refractivity (Wildman–Crippen MR) is 78.9 cm³/mol. The smallest absolute Gasteiger partial charge is 0.278 e. The van der Waals surface area contributed by atoms with Crippen molar-refractivity contribution in [2.75, 3.05) is 20.2 Å². The topological polar surface area (TPSA) is 42.8 Å². The summed E-state index contributed by atoms with van der Waals surface area (Å²) in [5.41, 5.74) is 1.02. The first-order chi connectivity index (χ1) is 9.72. The standard InChI is InChI=1S/C16H24N2O2/c1-13(18-10-6-3-7-11-18)16(19)17-12-14-8-4-5-9-15(14)20-2/h4-5,8-9,13H,3,6-7,10-12H2,1-2H3,(H,17,19)/p+1/t13-/m1/s1. The Morgan fingerprint density at radius 3 is 2.70 bits per heavy atom. The van der Waals surface area contributed by atoms with Gasteiger partial charge in [-0.25, -0.2) is 0 Å². The van der Waals surface area contributed by atoms with Gasteiger partial charge < -0.3 is 15.0 Å². The Morgan fingerprint density at radius 2 is 2.00 bits per heavy atom. The van der Waals surface area contributed by atoms with Crippen molar-refractivity contribution in [3.05, 3.63) is 29.8 Å².